The van der Waals surface area contributed by atoms with Gasteiger partial charge >= 0.3 is 108 Å². The molecule has 0 N–H and O–H groups in total. The first kappa shape index (κ1) is 12.0. The van der Waals surface area contributed by atoms with E-state index in [2.05, 4.69) is 117 Å². The molecule has 0 rings (SSSR count). The second kappa shape index (κ2) is 2.77. The molecule has 7 heteroatoms. The van der Waals surface area contributed by atoms with Crippen LogP contribution < -0.4 is 0 Å². The Morgan fingerprint density at radius 3 is 0.571 bits per heavy atom. The zero-order valence-electron chi connectivity index (χ0n) is 2.58. The summed E-state index contributed by atoms with van der Waals surface area (Å²) in [6, 6.07) is 0. The molecular weight excluding hydrogens is 868 g/mol. The second-order valence-electron chi connectivity index (χ2n) is 0.678. The summed E-state index contributed by atoms with van der Waals surface area (Å²) < 4.78 is -2.10. The van der Waals surface area contributed by atoms with E-state index in [0.29, 0.717) is 0 Å². The predicted octanol–water partition coefficient (Wildman–Crippen LogP) is 5.31. The summed E-state index contributed by atoms with van der Waals surface area (Å²) in [5.41, 5.74) is 0. The van der Waals surface area contributed by atoms with E-state index < -0.39 is -8.59 Å². The minimum absolute atomic E-state index is 2.10. The van der Waals surface area contributed by atoms with Crippen molar-refractivity contribution < 1.29 is -8.59 Å². The Morgan fingerprint density at radius 2 is 0.571 bits per heavy atom. The molecule has 0 saturated heterocycles. The molecule has 7 heavy (non-hydrogen) atoms. The fraction of sp³-hybridized carbons (Fsp3) is 0. The Hall–Kier alpha value is 5.04. The van der Waals surface area contributed by atoms with Crippen LogP contribution in [0.15, 0.2) is 0 Å². The van der Waals surface area contributed by atoms with Crippen molar-refractivity contribution in [1.82, 2.24) is 0 Å². The van der Waals surface area contributed by atoms with Gasteiger partial charge in [0, 0.05) is 0 Å². The van der Waals surface area contributed by atoms with Crippen LogP contribution in [0.4, 0.5) is 0 Å². The third-order valence-electron chi connectivity index (χ3n) is 0. The van der Waals surface area contributed by atoms with Crippen LogP contribution in [0.25, 0.3) is 0 Å². The van der Waals surface area contributed by atoms with Crippen molar-refractivity contribution in [3.63, 3.8) is 0 Å². The number of hydrogen-bond acceptors (Lipinski definition) is 0. The van der Waals surface area contributed by atoms with Crippen LogP contribution in [0.3, 0.4) is 0 Å². The van der Waals surface area contributed by atoms with Gasteiger partial charge in [-0.25, -0.2) is 0 Å². The van der Waals surface area contributed by atoms with E-state index in [1.54, 1.807) is 0 Å². The summed E-state index contributed by atoms with van der Waals surface area (Å²) in [6.45, 7) is 0. The Morgan fingerprint density at radius 1 is 0.571 bits per heavy atom. The average molecular weight is 868 g/mol. The number of hydrogen-bond donors (Lipinski definition) is 0. The van der Waals surface area contributed by atoms with Gasteiger partial charge in [0.2, 0.25) is 0 Å². The van der Waals surface area contributed by atoms with E-state index in [-0.39, 0.29) is 0 Å². The van der Waals surface area contributed by atoms with Crippen LogP contribution in [0.5, 0.6) is 0 Å². The summed E-state index contributed by atoms with van der Waals surface area (Å²) in [5.74, 6) is 0. The van der Waals surface area contributed by atoms with Gasteiger partial charge in [-0.05, 0) is 0 Å². The zero-order valence-corrected chi connectivity index (χ0v) is 17.1. The van der Waals surface area contributed by atoms with Gasteiger partial charge in [0.25, 0.3) is 0 Å². The van der Waals surface area contributed by atoms with Crippen LogP contribution >= 0.6 is 117 Å². The molecule has 0 atom stereocenters. The molecule has 0 aliphatic carbocycles. The van der Waals surface area contributed by atoms with Crippen LogP contribution in [0, 0.1) is 0 Å². The van der Waals surface area contributed by atoms with Gasteiger partial charge in [-0.1, -0.05) is 0 Å². The topological polar surface area (TPSA) is 0 Å². The van der Waals surface area contributed by atoms with Gasteiger partial charge in [0.1, 0.15) is 0 Å². The molecule has 0 spiro atoms. The van der Waals surface area contributed by atoms with E-state index in [4.69, 9.17) is 0 Å². The first-order chi connectivity index (χ1) is 2.45. The molecule has 0 amide bonds. The van der Waals surface area contributed by atoms with Crippen LogP contribution in [0.1, 0.15) is 0 Å². The summed E-state index contributed by atoms with van der Waals surface area (Å²) in [5, 5.41) is 0. The summed E-state index contributed by atoms with van der Waals surface area (Å²) in [6.07, 6.45) is 0. The van der Waals surface area contributed by atoms with Gasteiger partial charge in [0.05, 0.1) is 0 Å². The third-order valence-corrected chi connectivity index (χ3v) is 0. The van der Waals surface area contributed by atoms with Gasteiger partial charge < -0.3 is 0 Å². The molecule has 0 saturated carbocycles. The fourth-order valence-electron chi connectivity index (χ4n) is 0. The standard InChI is InChI=1S/6HI.Pd/h6*1H;/q;;;;;;+6/p-6. The van der Waals surface area contributed by atoms with E-state index in [0.717, 1.165) is 0 Å². The number of rotatable bonds is 0. The Bertz CT molecular complexity index is 62.7. The molecule has 0 aliphatic rings. The molecule has 0 aromatic rings. The van der Waals surface area contributed by atoms with Crippen molar-refractivity contribution in [1.29, 1.82) is 0 Å². The maximum atomic E-state index is 2.54. The van der Waals surface area contributed by atoms with E-state index in [1.165, 1.54) is 0 Å². The normalized spacial score (nSPS) is 23.1. The molecule has 0 aromatic heterocycles. The fourth-order valence-corrected chi connectivity index (χ4v) is 0. The van der Waals surface area contributed by atoms with Crippen molar-refractivity contribution in [2.45, 2.75) is 0 Å². The molecule has 0 fully saturated rings. The maximum absolute atomic E-state index is 2.54. The third kappa shape index (κ3) is 35.5. The predicted molar refractivity (Wildman–Crippen MR) is 84.1 cm³/mol. The molecule has 0 unspecified atom stereocenters. The van der Waals surface area contributed by atoms with E-state index in [9.17, 15) is 0 Å². The van der Waals surface area contributed by atoms with Gasteiger partial charge in [0.15, 0.2) is 0 Å². The first-order valence-electron chi connectivity index (χ1n) is 0.717. The molecule has 0 radical (unpaired) electrons. The molecule has 0 aromatic carbocycles. The molecule has 52 valence electrons. The molecule has 0 bridgehead atoms. The molecule has 0 aliphatic heterocycles. The summed E-state index contributed by atoms with van der Waals surface area (Å²) in [7, 11) is 0. The Labute approximate surface area is 104 Å². The van der Waals surface area contributed by atoms with Gasteiger partial charge in [-0.3, -0.25) is 0 Å². The van der Waals surface area contributed by atoms with Crippen LogP contribution in [-0.4, -0.2) is 0 Å². The van der Waals surface area contributed by atoms with E-state index >= 15 is 0 Å². The quantitative estimate of drug-likeness (QED) is 0.229. The minimum atomic E-state index is -2.10. The van der Waals surface area contributed by atoms with Gasteiger partial charge in [-0.15, -0.1) is 0 Å². The van der Waals surface area contributed by atoms with E-state index in [1.807, 2.05) is 0 Å². The molecular formula is I6Pd. The zero-order chi connectivity index (χ0) is 6.41. The van der Waals surface area contributed by atoms with Crippen molar-refractivity contribution in [3.05, 3.63) is 0 Å². The summed E-state index contributed by atoms with van der Waals surface area (Å²) in [4.78, 5) is 0. The number of halogens is 6. The van der Waals surface area contributed by atoms with Gasteiger partial charge in [-0.2, -0.15) is 0 Å². The molecule has 0 nitrogen and oxygen atoms in total. The van der Waals surface area contributed by atoms with Crippen LogP contribution in [0.2, 0.25) is 0 Å². The first-order valence-corrected chi connectivity index (χ1v) is 28.5. The SMILES string of the molecule is [I][Pd]([I])([I])([I])([I])[I]. The van der Waals surface area contributed by atoms with Crippen molar-refractivity contribution >= 4 is 117 Å². The Kier molecular flexibility index (Phi) is 4.77. The van der Waals surface area contributed by atoms with Crippen molar-refractivity contribution in [2.75, 3.05) is 0 Å². The van der Waals surface area contributed by atoms with Crippen molar-refractivity contribution in [3.8, 4) is 0 Å². The second-order valence-corrected chi connectivity index (χ2v) is 180. The average Bonchev–Trinajstić information content (AvgIpc) is 0.592. The monoisotopic (exact) mass is 867 g/mol. The van der Waals surface area contributed by atoms with Crippen LogP contribution in [-0.2, 0) is -8.59 Å². The Balaban J connectivity index is 4.43. The summed E-state index contributed by atoms with van der Waals surface area (Å²) >= 11 is 15.3. The molecule has 0 heterocycles. The van der Waals surface area contributed by atoms with Crippen molar-refractivity contribution in [2.24, 2.45) is 0 Å².